The molecule has 2 aromatic carbocycles. The number of para-hydroxylation sites is 1. The first-order valence-electron chi connectivity index (χ1n) is 8.93. The van der Waals surface area contributed by atoms with Crippen LogP contribution in [0.2, 0.25) is 0 Å². The summed E-state index contributed by atoms with van der Waals surface area (Å²) < 4.78 is 0. The normalized spacial score (nSPS) is 11.4. The van der Waals surface area contributed by atoms with Crippen molar-refractivity contribution < 1.29 is 9.90 Å². The lowest BCUT2D eigenvalue weighted by atomic mass is 10.1. The number of pyridine rings is 1. The monoisotopic (exact) mass is 359 g/mol. The first kappa shape index (κ1) is 17.1. The van der Waals surface area contributed by atoms with Crippen LogP contribution in [0.5, 0.6) is 0 Å². The summed E-state index contributed by atoms with van der Waals surface area (Å²) >= 11 is 0. The molecule has 5 nitrogen and oxygen atoms in total. The molecule has 4 aromatic rings. The molecule has 0 saturated carbocycles. The topological polar surface area (TPSA) is 69.2 Å². The molecule has 2 aromatic heterocycles. The van der Waals surface area contributed by atoms with Crippen LogP contribution < -0.4 is 4.90 Å². The van der Waals surface area contributed by atoms with Crippen LogP contribution in [-0.2, 0) is 0 Å². The average molecular weight is 359 g/mol. The van der Waals surface area contributed by atoms with Crippen molar-refractivity contribution in [2.75, 3.05) is 11.9 Å². The number of nitrogens with one attached hydrogen (secondary N) is 1. The van der Waals surface area contributed by atoms with Gasteiger partial charge in [-0.05, 0) is 50.2 Å². The number of carbonyl (C=O) groups is 1. The van der Waals surface area contributed by atoms with Crippen molar-refractivity contribution in [2.24, 2.45) is 0 Å². The molecular weight excluding hydrogens is 338 g/mol. The van der Waals surface area contributed by atoms with Gasteiger partial charge >= 0.3 is 5.97 Å². The van der Waals surface area contributed by atoms with Gasteiger partial charge in [-0.25, -0.2) is 9.78 Å². The molecule has 0 aliphatic heterocycles. The molecule has 0 spiro atoms. The molecule has 2 heterocycles. The number of H-pyrrole nitrogens is 1. The zero-order valence-electron chi connectivity index (χ0n) is 15.5. The minimum absolute atomic E-state index is 0.265. The number of nitrogens with zero attached hydrogens (tertiary/aromatic N) is 2. The van der Waals surface area contributed by atoms with Gasteiger partial charge in [0.2, 0.25) is 0 Å². The van der Waals surface area contributed by atoms with E-state index in [1.54, 1.807) is 18.2 Å². The predicted octanol–water partition coefficient (Wildman–Crippen LogP) is 4.93. The van der Waals surface area contributed by atoms with Crippen LogP contribution in [0.4, 0.5) is 5.69 Å². The maximum atomic E-state index is 11.3. The van der Waals surface area contributed by atoms with E-state index in [0.717, 1.165) is 38.9 Å². The first-order valence-corrected chi connectivity index (χ1v) is 8.93. The fourth-order valence-corrected chi connectivity index (χ4v) is 3.24. The average Bonchev–Trinajstić information content (AvgIpc) is 3.09. The molecule has 0 atom stereocenters. The highest BCUT2D eigenvalue weighted by Crippen LogP contribution is 2.34. The van der Waals surface area contributed by atoms with E-state index in [-0.39, 0.29) is 11.6 Å². The van der Waals surface area contributed by atoms with Gasteiger partial charge in [0.25, 0.3) is 0 Å². The molecule has 136 valence electrons. The fraction of sp³-hybridized carbons (Fsp3) is 0.182. The Hall–Kier alpha value is -3.34. The Morgan fingerprint density at radius 1 is 1.07 bits per heavy atom. The quantitative estimate of drug-likeness (QED) is 0.542. The molecule has 0 aliphatic rings. The Labute approximate surface area is 157 Å². The Bertz CT molecular complexity index is 1130. The number of hydrogen-bond donors (Lipinski definition) is 2. The summed E-state index contributed by atoms with van der Waals surface area (Å²) in [6, 6.07) is 17.6. The summed E-state index contributed by atoms with van der Waals surface area (Å²) in [7, 11) is 2.03. The summed E-state index contributed by atoms with van der Waals surface area (Å²) in [6.07, 6.45) is 0. The van der Waals surface area contributed by atoms with E-state index < -0.39 is 5.97 Å². The van der Waals surface area contributed by atoms with E-state index in [1.807, 2.05) is 31.3 Å². The molecule has 0 radical (unpaired) electrons. The highest BCUT2D eigenvalue weighted by atomic mass is 16.4. The second kappa shape index (κ2) is 6.43. The van der Waals surface area contributed by atoms with Crippen molar-refractivity contribution in [2.45, 2.75) is 19.9 Å². The van der Waals surface area contributed by atoms with Gasteiger partial charge in [0.05, 0.1) is 22.5 Å². The zero-order valence-corrected chi connectivity index (χ0v) is 15.5. The fourth-order valence-electron chi connectivity index (χ4n) is 3.24. The Morgan fingerprint density at radius 2 is 1.85 bits per heavy atom. The van der Waals surface area contributed by atoms with Crippen LogP contribution >= 0.6 is 0 Å². The maximum Gasteiger partial charge on any atom is 0.335 e. The Kier molecular flexibility index (Phi) is 4.07. The summed E-state index contributed by atoms with van der Waals surface area (Å²) in [5, 5.41) is 11.2. The molecule has 0 amide bonds. The van der Waals surface area contributed by atoms with Crippen LogP contribution in [0.25, 0.3) is 33.2 Å². The molecule has 0 fully saturated rings. The smallest absolute Gasteiger partial charge is 0.335 e. The Morgan fingerprint density at radius 3 is 2.56 bits per heavy atom. The number of anilines is 1. The largest absolute Gasteiger partial charge is 0.478 e. The Balaban J connectivity index is 1.97. The number of hydrogen-bond acceptors (Lipinski definition) is 3. The van der Waals surface area contributed by atoms with Gasteiger partial charge in [0.1, 0.15) is 5.69 Å². The van der Waals surface area contributed by atoms with Crippen molar-refractivity contribution in [3.8, 4) is 11.4 Å². The molecule has 0 bridgehead atoms. The van der Waals surface area contributed by atoms with Crippen LogP contribution in [0.1, 0.15) is 24.2 Å². The number of carboxylic acids is 1. The highest BCUT2D eigenvalue weighted by Gasteiger charge is 2.17. The van der Waals surface area contributed by atoms with Gasteiger partial charge < -0.3 is 15.0 Å². The zero-order chi connectivity index (χ0) is 19.1. The summed E-state index contributed by atoms with van der Waals surface area (Å²) in [5.41, 5.74) is 4.87. The number of fused-ring (bicyclic) bond motifs is 2. The van der Waals surface area contributed by atoms with E-state index in [2.05, 4.69) is 35.9 Å². The lowest BCUT2D eigenvalue weighted by molar-refractivity contribution is 0.0697. The third-order valence-electron chi connectivity index (χ3n) is 4.98. The van der Waals surface area contributed by atoms with E-state index in [4.69, 9.17) is 4.98 Å². The summed E-state index contributed by atoms with van der Waals surface area (Å²) in [5.74, 6) is -0.935. The second-order valence-electron chi connectivity index (χ2n) is 7.04. The van der Waals surface area contributed by atoms with Gasteiger partial charge in [0.15, 0.2) is 0 Å². The highest BCUT2D eigenvalue weighted by molar-refractivity contribution is 5.97. The third kappa shape index (κ3) is 3.01. The number of aromatic nitrogens is 2. The van der Waals surface area contributed by atoms with Crippen molar-refractivity contribution in [1.29, 1.82) is 0 Å². The van der Waals surface area contributed by atoms with Gasteiger partial charge in [-0.2, -0.15) is 0 Å². The first-order chi connectivity index (χ1) is 12.9. The van der Waals surface area contributed by atoms with E-state index >= 15 is 0 Å². The molecule has 0 aliphatic carbocycles. The summed E-state index contributed by atoms with van der Waals surface area (Å²) in [4.78, 5) is 21.8. The minimum atomic E-state index is -0.935. The van der Waals surface area contributed by atoms with Crippen molar-refractivity contribution in [1.82, 2.24) is 9.97 Å². The lowest BCUT2D eigenvalue weighted by Gasteiger charge is -2.26. The second-order valence-corrected chi connectivity index (χ2v) is 7.04. The molecule has 5 heteroatoms. The van der Waals surface area contributed by atoms with Crippen LogP contribution in [0.15, 0.2) is 54.6 Å². The lowest BCUT2D eigenvalue weighted by Crippen LogP contribution is -2.26. The van der Waals surface area contributed by atoms with Crippen LogP contribution in [0, 0.1) is 0 Å². The molecular formula is C22H21N3O2. The SMILES string of the molecule is CC(C)N(C)c1cc2cc(C(=O)O)ccc2nc1-c1cc2ccccc2[nH]1. The summed E-state index contributed by atoms with van der Waals surface area (Å²) in [6.45, 7) is 4.24. The number of aromatic carboxylic acids is 1. The number of rotatable bonds is 4. The van der Waals surface area contributed by atoms with E-state index in [0.29, 0.717) is 0 Å². The van der Waals surface area contributed by atoms with E-state index in [9.17, 15) is 9.90 Å². The number of carboxylic acid groups (broad SMARTS) is 1. The standard InChI is InChI=1S/C22H21N3O2/c1-13(2)25(3)20-12-16-10-15(22(26)27)8-9-18(16)24-21(20)19-11-14-6-4-5-7-17(14)23-19/h4-13,23H,1-3H3,(H,26,27). The number of aromatic amines is 1. The molecule has 4 rings (SSSR count). The van der Waals surface area contributed by atoms with Gasteiger partial charge in [-0.3, -0.25) is 0 Å². The minimum Gasteiger partial charge on any atom is -0.478 e. The molecule has 0 saturated heterocycles. The van der Waals surface area contributed by atoms with Crippen molar-refractivity contribution in [3.63, 3.8) is 0 Å². The number of benzene rings is 2. The van der Waals surface area contributed by atoms with Gasteiger partial charge in [-0.1, -0.05) is 18.2 Å². The molecule has 27 heavy (non-hydrogen) atoms. The maximum absolute atomic E-state index is 11.3. The van der Waals surface area contributed by atoms with Crippen molar-refractivity contribution in [3.05, 3.63) is 60.2 Å². The molecule has 0 unspecified atom stereocenters. The van der Waals surface area contributed by atoms with Crippen LogP contribution in [-0.4, -0.2) is 34.1 Å². The van der Waals surface area contributed by atoms with E-state index in [1.165, 1.54) is 0 Å². The van der Waals surface area contributed by atoms with Gasteiger partial charge in [-0.15, -0.1) is 0 Å². The third-order valence-corrected chi connectivity index (χ3v) is 4.98. The molecule has 2 N–H and O–H groups in total. The van der Waals surface area contributed by atoms with Crippen molar-refractivity contribution >= 4 is 33.5 Å². The predicted molar refractivity (Wildman–Crippen MR) is 110 cm³/mol. The van der Waals surface area contributed by atoms with Crippen LogP contribution in [0.3, 0.4) is 0 Å². The van der Waals surface area contributed by atoms with Gasteiger partial charge in [0, 0.05) is 29.4 Å².